The van der Waals surface area contributed by atoms with Crippen LogP contribution in [0.25, 0.3) is 0 Å². The summed E-state index contributed by atoms with van der Waals surface area (Å²) in [5, 5.41) is 0. The summed E-state index contributed by atoms with van der Waals surface area (Å²) >= 11 is 0. The second-order valence-electron chi connectivity index (χ2n) is 2.62. The number of rotatable bonds is 1. The first-order chi connectivity index (χ1) is 4.47. The highest BCUT2D eigenvalue weighted by atomic mass is 16.5. The van der Waals surface area contributed by atoms with Gasteiger partial charge in [-0.1, -0.05) is 12.2 Å². The third kappa shape index (κ3) is 0.995. The van der Waals surface area contributed by atoms with E-state index in [0.717, 1.165) is 5.92 Å². The third-order valence-corrected chi connectivity index (χ3v) is 1.93. The molecule has 2 aliphatic rings. The molecule has 0 amide bonds. The monoisotopic (exact) mass is 122 g/mol. The van der Waals surface area contributed by atoms with Crippen molar-refractivity contribution < 1.29 is 4.74 Å². The van der Waals surface area contributed by atoms with E-state index in [-0.39, 0.29) is 0 Å². The molecule has 2 rings (SSSR count). The van der Waals surface area contributed by atoms with E-state index >= 15 is 0 Å². The molecule has 1 aliphatic heterocycles. The smallest absolute Gasteiger partial charge is 0.142 e. The number of ether oxygens (including phenoxy) is 1. The van der Waals surface area contributed by atoms with E-state index in [1.807, 2.05) is 6.26 Å². The van der Waals surface area contributed by atoms with Crippen LogP contribution in [0.1, 0.15) is 19.3 Å². The topological polar surface area (TPSA) is 12.5 Å². The van der Waals surface area contributed by atoms with Gasteiger partial charge in [-0.3, -0.25) is 0 Å². The van der Waals surface area contributed by atoms with Crippen LogP contribution in [-0.4, -0.2) is 0 Å². The summed E-state index contributed by atoms with van der Waals surface area (Å²) in [6, 6.07) is 0. The molecular formula is C8H10O. The summed E-state index contributed by atoms with van der Waals surface area (Å²) in [6.45, 7) is 0. The van der Waals surface area contributed by atoms with Crippen molar-refractivity contribution in [3.05, 3.63) is 24.2 Å². The molecule has 0 aromatic heterocycles. The van der Waals surface area contributed by atoms with Crippen LogP contribution in [0.4, 0.5) is 0 Å². The minimum Gasteiger partial charge on any atom is -0.462 e. The van der Waals surface area contributed by atoms with E-state index < -0.39 is 0 Å². The lowest BCUT2D eigenvalue weighted by atomic mass is 9.94. The number of allylic oxidation sites excluding steroid dienone is 3. The van der Waals surface area contributed by atoms with Crippen LogP contribution in [0.5, 0.6) is 0 Å². The molecule has 0 aromatic rings. The fourth-order valence-electron chi connectivity index (χ4n) is 1.28. The molecule has 1 atom stereocenters. The van der Waals surface area contributed by atoms with Crippen LogP contribution in [0, 0.1) is 5.92 Å². The van der Waals surface area contributed by atoms with Crippen LogP contribution in [0.15, 0.2) is 24.2 Å². The lowest BCUT2D eigenvalue weighted by molar-refractivity contribution is 0.404. The van der Waals surface area contributed by atoms with Gasteiger partial charge in [0.25, 0.3) is 0 Å². The predicted octanol–water partition coefficient (Wildman–Crippen LogP) is 2.21. The molecule has 1 unspecified atom stereocenters. The van der Waals surface area contributed by atoms with Gasteiger partial charge < -0.3 is 4.74 Å². The van der Waals surface area contributed by atoms with Gasteiger partial charge in [0, 0.05) is 5.92 Å². The van der Waals surface area contributed by atoms with E-state index in [0.29, 0.717) is 0 Å². The largest absolute Gasteiger partial charge is 0.462 e. The molecule has 48 valence electrons. The Morgan fingerprint density at radius 3 is 2.89 bits per heavy atom. The van der Waals surface area contributed by atoms with Crippen molar-refractivity contribution in [2.45, 2.75) is 19.3 Å². The molecule has 0 fully saturated rings. The molecule has 0 spiro atoms. The first-order valence-electron chi connectivity index (χ1n) is 3.48. The zero-order chi connectivity index (χ0) is 6.10. The summed E-state index contributed by atoms with van der Waals surface area (Å²) in [5.41, 5.74) is 0. The summed E-state index contributed by atoms with van der Waals surface area (Å²) in [5.74, 6) is 1.94. The Balaban J connectivity index is 1.97. The van der Waals surface area contributed by atoms with E-state index in [9.17, 15) is 0 Å². The van der Waals surface area contributed by atoms with Gasteiger partial charge >= 0.3 is 0 Å². The minimum absolute atomic E-state index is 0.718. The van der Waals surface area contributed by atoms with Gasteiger partial charge in [0.2, 0.25) is 0 Å². The summed E-state index contributed by atoms with van der Waals surface area (Å²) in [6.07, 6.45) is 10.1. The van der Waals surface area contributed by atoms with Crippen molar-refractivity contribution >= 4 is 0 Å². The highest BCUT2D eigenvalue weighted by Gasteiger charge is 2.22. The second kappa shape index (κ2) is 1.90. The fourth-order valence-corrected chi connectivity index (χ4v) is 1.28. The Labute approximate surface area is 55.0 Å². The van der Waals surface area contributed by atoms with E-state index in [4.69, 9.17) is 4.74 Å². The average molecular weight is 122 g/mol. The Morgan fingerprint density at radius 1 is 1.44 bits per heavy atom. The lowest BCUT2D eigenvalue weighted by Gasteiger charge is -2.11. The maximum Gasteiger partial charge on any atom is 0.142 e. The summed E-state index contributed by atoms with van der Waals surface area (Å²) in [4.78, 5) is 0. The van der Waals surface area contributed by atoms with Crippen LogP contribution >= 0.6 is 0 Å². The summed E-state index contributed by atoms with van der Waals surface area (Å²) in [7, 11) is 0. The van der Waals surface area contributed by atoms with Gasteiger partial charge in [0.1, 0.15) is 12.0 Å². The molecule has 1 heteroatoms. The molecule has 0 saturated heterocycles. The molecule has 0 N–H and O–H groups in total. The molecule has 0 bridgehead atoms. The van der Waals surface area contributed by atoms with Crippen LogP contribution in [0.2, 0.25) is 0 Å². The second-order valence-corrected chi connectivity index (χ2v) is 2.62. The minimum atomic E-state index is 0.718. The van der Waals surface area contributed by atoms with E-state index in [1.165, 1.54) is 25.0 Å². The van der Waals surface area contributed by atoms with Crippen molar-refractivity contribution in [3.8, 4) is 0 Å². The van der Waals surface area contributed by atoms with Gasteiger partial charge in [-0.15, -0.1) is 0 Å². The SMILES string of the molecule is C1=CCC(C2=CO2)CC1. The Hall–Kier alpha value is -0.720. The predicted molar refractivity (Wildman–Crippen MR) is 35.6 cm³/mol. The fraction of sp³-hybridized carbons (Fsp3) is 0.500. The first-order valence-corrected chi connectivity index (χ1v) is 3.48. The van der Waals surface area contributed by atoms with Gasteiger partial charge in [-0.25, -0.2) is 0 Å². The maximum absolute atomic E-state index is 5.01. The molecular weight excluding hydrogens is 112 g/mol. The van der Waals surface area contributed by atoms with Crippen LogP contribution in [-0.2, 0) is 4.74 Å². The molecule has 9 heavy (non-hydrogen) atoms. The third-order valence-electron chi connectivity index (χ3n) is 1.93. The number of hydrogen-bond acceptors (Lipinski definition) is 1. The van der Waals surface area contributed by atoms with E-state index in [1.54, 1.807) is 0 Å². The molecule has 0 saturated carbocycles. The molecule has 1 heterocycles. The van der Waals surface area contributed by atoms with E-state index in [2.05, 4.69) is 12.2 Å². The van der Waals surface area contributed by atoms with Crippen molar-refractivity contribution in [1.29, 1.82) is 0 Å². The molecule has 0 radical (unpaired) electrons. The Bertz CT molecular complexity index is 167. The Kier molecular flexibility index (Phi) is 1.08. The van der Waals surface area contributed by atoms with Gasteiger partial charge in [-0.05, 0) is 19.3 Å². The molecule has 1 aliphatic carbocycles. The van der Waals surface area contributed by atoms with Crippen molar-refractivity contribution in [1.82, 2.24) is 0 Å². The normalized spacial score (nSPS) is 31.1. The van der Waals surface area contributed by atoms with Crippen molar-refractivity contribution in [2.24, 2.45) is 5.92 Å². The van der Waals surface area contributed by atoms with Crippen molar-refractivity contribution in [2.75, 3.05) is 0 Å². The molecule has 1 nitrogen and oxygen atoms in total. The summed E-state index contributed by atoms with van der Waals surface area (Å²) < 4.78 is 5.01. The van der Waals surface area contributed by atoms with Gasteiger partial charge in [0.05, 0.1) is 0 Å². The standard InChI is InChI=1S/C8H10O/c1-2-4-7(5-3-1)8-6-9-8/h1-2,6-7H,3-5H2. The lowest BCUT2D eigenvalue weighted by Crippen LogP contribution is -1.99. The van der Waals surface area contributed by atoms with Gasteiger partial charge in [-0.2, -0.15) is 0 Å². The van der Waals surface area contributed by atoms with Crippen molar-refractivity contribution in [3.63, 3.8) is 0 Å². The first kappa shape index (κ1) is 5.10. The van der Waals surface area contributed by atoms with Crippen LogP contribution < -0.4 is 0 Å². The highest BCUT2D eigenvalue weighted by molar-refractivity contribution is 5.11. The van der Waals surface area contributed by atoms with Gasteiger partial charge in [0.15, 0.2) is 0 Å². The van der Waals surface area contributed by atoms with Crippen LogP contribution in [0.3, 0.4) is 0 Å². The molecule has 0 aromatic carbocycles. The number of hydrogen-bond donors (Lipinski definition) is 0. The highest BCUT2D eigenvalue weighted by Crippen LogP contribution is 2.32. The Morgan fingerprint density at radius 2 is 2.33 bits per heavy atom. The zero-order valence-corrected chi connectivity index (χ0v) is 5.34. The maximum atomic E-state index is 5.01. The zero-order valence-electron chi connectivity index (χ0n) is 5.34. The quantitative estimate of drug-likeness (QED) is 0.486. The average Bonchev–Trinajstić information content (AvgIpc) is 2.71.